The van der Waals surface area contributed by atoms with Gasteiger partial charge in [0, 0.05) is 17.0 Å². The zero-order chi connectivity index (χ0) is 20.0. The van der Waals surface area contributed by atoms with Crippen LogP contribution in [0.2, 0.25) is 0 Å². The quantitative estimate of drug-likeness (QED) is 0.710. The standard InChI is InChI=1S/C20H20FN5OS/c1-10-9-11(2)23-20(22-10)26-18-16(12(3)25-26)17(28-13(4)19(27)24-18)14-5-7-15(21)8-6-14/h5-9,13,17H,1-4H3,(H,24,27). The zero-order valence-electron chi connectivity index (χ0n) is 16.0. The summed E-state index contributed by atoms with van der Waals surface area (Å²) in [4.78, 5) is 21.6. The van der Waals surface area contributed by atoms with E-state index in [9.17, 15) is 9.18 Å². The normalized spacial score (nSPS) is 19.1. The lowest BCUT2D eigenvalue weighted by Crippen LogP contribution is -2.23. The van der Waals surface area contributed by atoms with Crippen LogP contribution in [0.4, 0.5) is 10.2 Å². The number of aromatic nitrogens is 4. The minimum absolute atomic E-state index is 0.110. The molecular weight excluding hydrogens is 377 g/mol. The number of benzene rings is 1. The molecule has 2 atom stereocenters. The maximum absolute atomic E-state index is 13.4. The van der Waals surface area contributed by atoms with Crippen LogP contribution < -0.4 is 5.32 Å². The van der Waals surface area contributed by atoms with Gasteiger partial charge in [0.15, 0.2) is 0 Å². The molecule has 1 aliphatic rings. The molecule has 0 spiro atoms. The van der Waals surface area contributed by atoms with Crippen LogP contribution in [0.15, 0.2) is 30.3 Å². The topological polar surface area (TPSA) is 72.7 Å². The highest BCUT2D eigenvalue weighted by Gasteiger charge is 2.34. The van der Waals surface area contributed by atoms with Crippen LogP contribution in [0.1, 0.15) is 40.4 Å². The first-order chi connectivity index (χ1) is 13.3. The summed E-state index contributed by atoms with van der Waals surface area (Å²) in [7, 11) is 0. The van der Waals surface area contributed by atoms with Crippen molar-refractivity contribution in [3.05, 3.63) is 64.4 Å². The number of rotatable bonds is 2. The Morgan fingerprint density at radius 2 is 1.75 bits per heavy atom. The van der Waals surface area contributed by atoms with Crippen molar-refractivity contribution < 1.29 is 9.18 Å². The van der Waals surface area contributed by atoms with E-state index >= 15 is 0 Å². The number of aryl methyl sites for hydroxylation is 3. The summed E-state index contributed by atoms with van der Waals surface area (Å²) in [5, 5.41) is 7.18. The van der Waals surface area contributed by atoms with Gasteiger partial charge in [-0.05, 0) is 51.5 Å². The summed E-state index contributed by atoms with van der Waals surface area (Å²) < 4.78 is 15.0. The Bertz CT molecular complexity index is 1040. The molecule has 2 aromatic heterocycles. The van der Waals surface area contributed by atoms with E-state index in [1.807, 2.05) is 33.8 Å². The first-order valence-electron chi connectivity index (χ1n) is 8.97. The molecule has 2 unspecified atom stereocenters. The van der Waals surface area contributed by atoms with Gasteiger partial charge in [0.1, 0.15) is 11.6 Å². The first kappa shape index (κ1) is 18.6. The van der Waals surface area contributed by atoms with E-state index in [0.29, 0.717) is 11.8 Å². The molecule has 1 amide bonds. The molecular formula is C20H20FN5OS. The average molecular weight is 397 g/mol. The highest BCUT2D eigenvalue weighted by atomic mass is 32.2. The molecule has 144 valence electrons. The van der Waals surface area contributed by atoms with Gasteiger partial charge in [0.25, 0.3) is 5.95 Å². The molecule has 0 bridgehead atoms. The van der Waals surface area contributed by atoms with Gasteiger partial charge in [-0.3, -0.25) is 4.79 Å². The monoisotopic (exact) mass is 397 g/mol. The van der Waals surface area contributed by atoms with E-state index in [-0.39, 0.29) is 22.2 Å². The Hall–Kier alpha value is -2.74. The van der Waals surface area contributed by atoms with Gasteiger partial charge in [-0.1, -0.05) is 12.1 Å². The number of amides is 1. The fourth-order valence-electron chi connectivity index (χ4n) is 3.36. The number of nitrogens with zero attached hydrogens (tertiary/aromatic N) is 4. The van der Waals surface area contributed by atoms with E-state index in [4.69, 9.17) is 0 Å². The summed E-state index contributed by atoms with van der Waals surface area (Å²) in [6, 6.07) is 8.27. The summed E-state index contributed by atoms with van der Waals surface area (Å²) in [6.07, 6.45) is 0. The van der Waals surface area contributed by atoms with E-state index in [0.717, 1.165) is 28.2 Å². The van der Waals surface area contributed by atoms with Gasteiger partial charge in [-0.25, -0.2) is 14.4 Å². The average Bonchev–Trinajstić information content (AvgIpc) is 2.88. The van der Waals surface area contributed by atoms with Crippen molar-refractivity contribution >= 4 is 23.5 Å². The number of hydrogen-bond donors (Lipinski definition) is 1. The van der Waals surface area contributed by atoms with E-state index in [1.54, 1.807) is 16.8 Å². The molecule has 6 nitrogen and oxygen atoms in total. The molecule has 0 saturated carbocycles. The number of fused-ring (bicyclic) bond motifs is 1. The molecule has 0 radical (unpaired) electrons. The van der Waals surface area contributed by atoms with Crippen molar-refractivity contribution in [1.29, 1.82) is 0 Å². The maximum atomic E-state index is 13.4. The number of hydrogen-bond acceptors (Lipinski definition) is 5. The van der Waals surface area contributed by atoms with Crippen LogP contribution in [0, 0.1) is 26.6 Å². The number of nitrogens with one attached hydrogen (secondary N) is 1. The summed E-state index contributed by atoms with van der Waals surface area (Å²) in [5.41, 5.74) is 4.22. The van der Waals surface area contributed by atoms with Crippen LogP contribution in [-0.2, 0) is 4.79 Å². The smallest absolute Gasteiger partial charge is 0.252 e. The zero-order valence-corrected chi connectivity index (χ0v) is 16.8. The van der Waals surface area contributed by atoms with E-state index in [1.165, 1.54) is 23.9 Å². The lowest BCUT2D eigenvalue weighted by Gasteiger charge is -2.17. The fourth-order valence-corrected chi connectivity index (χ4v) is 4.68. The van der Waals surface area contributed by atoms with Crippen molar-refractivity contribution in [3.63, 3.8) is 0 Å². The Kier molecular flexibility index (Phi) is 4.66. The largest absolute Gasteiger partial charge is 0.309 e. The molecule has 1 N–H and O–H groups in total. The molecule has 1 aromatic carbocycles. The molecule has 3 heterocycles. The highest BCUT2D eigenvalue weighted by Crippen LogP contribution is 2.45. The Morgan fingerprint density at radius 1 is 1.11 bits per heavy atom. The van der Waals surface area contributed by atoms with Crippen LogP contribution in [0.25, 0.3) is 5.95 Å². The Morgan fingerprint density at radius 3 is 2.39 bits per heavy atom. The number of carbonyl (C=O) groups excluding carboxylic acids is 1. The van der Waals surface area contributed by atoms with Crippen molar-refractivity contribution in [2.75, 3.05) is 5.32 Å². The molecule has 4 rings (SSSR count). The fraction of sp³-hybridized carbons (Fsp3) is 0.300. The van der Waals surface area contributed by atoms with Crippen LogP contribution in [0.3, 0.4) is 0 Å². The predicted octanol–water partition coefficient (Wildman–Crippen LogP) is 3.89. The second kappa shape index (κ2) is 7.01. The molecule has 0 aliphatic carbocycles. The van der Waals surface area contributed by atoms with Crippen molar-refractivity contribution in [1.82, 2.24) is 19.7 Å². The Balaban J connectivity index is 1.92. The third-order valence-electron chi connectivity index (χ3n) is 4.65. The van der Waals surface area contributed by atoms with E-state index < -0.39 is 0 Å². The van der Waals surface area contributed by atoms with Crippen molar-refractivity contribution in [3.8, 4) is 5.95 Å². The van der Waals surface area contributed by atoms with Gasteiger partial charge in [0.05, 0.1) is 16.2 Å². The van der Waals surface area contributed by atoms with E-state index in [2.05, 4.69) is 20.4 Å². The molecule has 8 heteroatoms. The predicted molar refractivity (Wildman–Crippen MR) is 107 cm³/mol. The summed E-state index contributed by atoms with van der Waals surface area (Å²) >= 11 is 1.52. The van der Waals surface area contributed by atoms with Gasteiger partial charge in [0.2, 0.25) is 5.91 Å². The van der Waals surface area contributed by atoms with Crippen molar-refractivity contribution in [2.24, 2.45) is 0 Å². The molecule has 1 aliphatic heterocycles. The number of carbonyl (C=O) groups is 1. The Labute approximate surface area is 166 Å². The molecule has 0 saturated heterocycles. The van der Waals surface area contributed by atoms with Gasteiger partial charge in [-0.15, -0.1) is 11.8 Å². The first-order valence-corrected chi connectivity index (χ1v) is 9.91. The minimum atomic E-state index is -0.291. The second-order valence-corrected chi connectivity index (χ2v) is 8.36. The van der Waals surface area contributed by atoms with Crippen LogP contribution in [-0.4, -0.2) is 30.9 Å². The lowest BCUT2D eigenvalue weighted by molar-refractivity contribution is -0.115. The van der Waals surface area contributed by atoms with Crippen LogP contribution in [0.5, 0.6) is 0 Å². The van der Waals surface area contributed by atoms with Gasteiger partial charge < -0.3 is 5.32 Å². The third kappa shape index (κ3) is 3.28. The van der Waals surface area contributed by atoms with Gasteiger partial charge >= 0.3 is 0 Å². The van der Waals surface area contributed by atoms with Crippen molar-refractivity contribution in [2.45, 2.75) is 38.2 Å². The highest BCUT2D eigenvalue weighted by molar-refractivity contribution is 8.01. The summed E-state index contributed by atoms with van der Waals surface area (Å²) in [5.74, 6) is 0.584. The van der Waals surface area contributed by atoms with Crippen LogP contribution >= 0.6 is 11.8 Å². The number of halogens is 1. The third-order valence-corrected chi connectivity index (χ3v) is 6.05. The number of thioether (sulfide) groups is 1. The van der Waals surface area contributed by atoms with Gasteiger partial charge in [-0.2, -0.15) is 9.78 Å². The minimum Gasteiger partial charge on any atom is -0.309 e. The second-order valence-electron chi connectivity index (χ2n) is 6.91. The SMILES string of the molecule is Cc1cc(C)nc(-n2nc(C)c3c2NC(=O)C(C)SC3c2ccc(F)cc2)n1. The molecule has 0 fully saturated rings. The number of anilines is 1. The summed E-state index contributed by atoms with van der Waals surface area (Å²) in [6.45, 7) is 7.55. The lowest BCUT2D eigenvalue weighted by atomic mass is 10.0. The molecule has 3 aromatic rings. The maximum Gasteiger partial charge on any atom is 0.252 e. The molecule has 28 heavy (non-hydrogen) atoms.